The third-order valence-corrected chi connectivity index (χ3v) is 2.32. The van der Waals surface area contributed by atoms with Gasteiger partial charge in [-0.15, -0.1) is 0 Å². The largest absolute Gasteiger partial charge is 0.507 e. The number of nitrogens with one attached hydrogen (secondary N) is 2. The molecule has 0 bridgehead atoms. The molecule has 0 spiro atoms. The second kappa shape index (κ2) is 4.69. The highest BCUT2D eigenvalue weighted by Crippen LogP contribution is 2.17. The monoisotopic (exact) mass is 234 g/mol. The summed E-state index contributed by atoms with van der Waals surface area (Å²) >= 11 is 0. The topological polar surface area (TPSA) is 65.1 Å². The van der Waals surface area contributed by atoms with Crippen molar-refractivity contribution in [3.63, 3.8) is 0 Å². The zero-order valence-corrected chi connectivity index (χ0v) is 8.90. The van der Waals surface area contributed by atoms with Crippen molar-refractivity contribution in [3.8, 4) is 5.75 Å². The first kappa shape index (κ1) is 11.2. The number of benzene rings is 1. The van der Waals surface area contributed by atoms with E-state index in [-0.39, 0.29) is 11.3 Å². The average molecular weight is 234 g/mol. The third-order valence-electron chi connectivity index (χ3n) is 2.32. The van der Waals surface area contributed by atoms with E-state index in [1.807, 2.05) is 6.07 Å². The van der Waals surface area contributed by atoms with Gasteiger partial charge in [-0.2, -0.15) is 0 Å². The number of carbonyl (C=O) groups is 1. The van der Waals surface area contributed by atoms with Crippen molar-refractivity contribution in [1.29, 1.82) is 0 Å². The molecule has 1 aromatic carbocycles. The molecule has 2 rings (SSSR count). The van der Waals surface area contributed by atoms with Crippen LogP contribution in [0.4, 0.5) is 4.39 Å². The van der Waals surface area contributed by atoms with E-state index in [2.05, 4.69) is 10.3 Å². The average Bonchev–Trinajstić information content (AvgIpc) is 2.78. The first-order valence-corrected chi connectivity index (χ1v) is 5.05. The van der Waals surface area contributed by atoms with Crippen LogP contribution < -0.4 is 5.32 Å². The summed E-state index contributed by atoms with van der Waals surface area (Å²) in [4.78, 5) is 14.5. The quantitative estimate of drug-likeness (QED) is 0.758. The summed E-state index contributed by atoms with van der Waals surface area (Å²) < 4.78 is 12.7. The van der Waals surface area contributed by atoms with Gasteiger partial charge < -0.3 is 15.4 Å². The van der Waals surface area contributed by atoms with E-state index in [0.717, 1.165) is 17.7 Å². The molecule has 17 heavy (non-hydrogen) atoms. The van der Waals surface area contributed by atoms with Gasteiger partial charge in [-0.25, -0.2) is 4.39 Å². The minimum Gasteiger partial charge on any atom is -0.507 e. The minimum atomic E-state index is -0.579. The number of phenolic OH excluding ortho intramolecular Hbond substituents is 1. The van der Waals surface area contributed by atoms with Crippen molar-refractivity contribution in [2.45, 2.75) is 6.54 Å². The van der Waals surface area contributed by atoms with E-state index in [0.29, 0.717) is 6.54 Å². The third kappa shape index (κ3) is 2.63. The molecule has 1 heterocycles. The van der Waals surface area contributed by atoms with Gasteiger partial charge in [-0.05, 0) is 23.8 Å². The van der Waals surface area contributed by atoms with E-state index in [9.17, 15) is 14.3 Å². The Morgan fingerprint density at radius 1 is 1.41 bits per heavy atom. The number of aromatic hydroxyl groups is 1. The molecule has 2 aromatic rings. The summed E-state index contributed by atoms with van der Waals surface area (Å²) in [6.07, 6.45) is 3.50. The van der Waals surface area contributed by atoms with Crippen molar-refractivity contribution in [2.75, 3.05) is 0 Å². The fourth-order valence-corrected chi connectivity index (χ4v) is 1.44. The van der Waals surface area contributed by atoms with Crippen LogP contribution in [0, 0.1) is 5.82 Å². The second-order valence-corrected chi connectivity index (χ2v) is 3.56. The minimum absolute atomic E-state index is 0.0573. The predicted octanol–water partition coefficient (Wildman–Crippen LogP) is 1.79. The Labute approximate surface area is 97.1 Å². The van der Waals surface area contributed by atoms with Crippen molar-refractivity contribution >= 4 is 5.91 Å². The molecule has 4 nitrogen and oxygen atoms in total. The molecule has 0 atom stereocenters. The summed E-state index contributed by atoms with van der Waals surface area (Å²) in [5.41, 5.74) is 0.974. The number of aromatic amines is 1. The van der Waals surface area contributed by atoms with Gasteiger partial charge in [0.05, 0.1) is 5.56 Å². The van der Waals surface area contributed by atoms with Gasteiger partial charge in [0.2, 0.25) is 0 Å². The number of rotatable bonds is 3. The lowest BCUT2D eigenvalue weighted by Crippen LogP contribution is -2.22. The Bertz CT molecular complexity index is 523. The molecule has 1 aromatic heterocycles. The van der Waals surface area contributed by atoms with Crippen LogP contribution in [0.15, 0.2) is 36.7 Å². The lowest BCUT2D eigenvalue weighted by molar-refractivity contribution is 0.0948. The van der Waals surface area contributed by atoms with Crippen LogP contribution in [0.25, 0.3) is 0 Å². The molecule has 0 fully saturated rings. The van der Waals surface area contributed by atoms with Crippen molar-refractivity contribution in [3.05, 3.63) is 53.6 Å². The molecule has 0 saturated carbocycles. The molecule has 1 amide bonds. The van der Waals surface area contributed by atoms with Crippen molar-refractivity contribution < 1.29 is 14.3 Å². The number of H-pyrrole nitrogens is 1. The molecular formula is C12H11FN2O2. The molecule has 0 radical (unpaired) electrons. The van der Waals surface area contributed by atoms with Crippen LogP contribution in [-0.4, -0.2) is 16.0 Å². The Morgan fingerprint density at radius 2 is 2.24 bits per heavy atom. The Morgan fingerprint density at radius 3 is 2.88 bits per heavy atom. The molecule has 0 aliphatic heterocycles. The molecule has 0 aliphatic rings. The highest BCUT2D eigenvalue weighted by Gasteiger charge is 2.11. The Hall–Kier alpha value is -2.30. The molecule has 0 aliphatic carbocycles. The van der Waals surface area contributed by atoms with Crippen LogP contribution in [-0.2, 0) is 6.54 Å². The SMILES string of the molecule is O=C(NCc1cc[nH]c1)c1ccc(F)cc1O. The molecule has 0 unspecified atom stereocenters. The standard InChI is InChI=1S/C12H11FN2O2/c13-9-1-2-10(11(16)5-9)12(17)15-7-8-3-4-14-6-8/h1-6,14,16H,7H2,(H,15,17). The van der Waals surface area contributed by atoms with Gasteiger partial charge in [0.15, 0.2) is 0 Å². The summed E-state index contributed by atoms with van der Waals surface area (Å²) in [6, 6.07) is 5.11. The van der Waals surface area contributed by atoms with Crippen LogP contribution in [0.2, 0.25) is 0 Å². The van der Waals surface area contributed by atoms with E-state index < -0.39 is 11.7 Å². The molecule has 5 heteroatoms. The smallest absolute Gasteiger partial charge is 0.255 e. The zero-order chi connectivity index (χ0) is 12.3. The zero-order valence-electron chi connectivity index (χ0n) is 8.90. The maximum absolute atomic E-state index is 12.7. The predicted molar refractivity (Wildman–Crippen MR) is 60.0 cm³/mol. The van der Waals surface area contributed by atoms with E-state index >= 15 is 0 Å². The molecule has 88 valence electrons. The van der Waals surface area contributed by atoms with Crippen LogP contribution in [0.3, 0.4) is 0 Å². The van der Waals surface area contributed by atoms with Crippen LogP contribution >= 0.6 is 0 Å². The fourth-order valence-electron chi connectivity index (χ4n) is 1.44. The van der Waals surface area contributed by atoms with Crippen LogP contribution in [0.5, 0.6) is 5.75 Å². The van der Waals surface area contributed by atoms with Crippen molar-refractivity contribution in [2.24, 2.45) is 0 Å². The van der Waals surface area contributed by atoms with Gasteiger partial charge >= 0.3 is 0 Å². The van der Waals surface area contributed by atoms with Gasteiger partial charge in [-0.3, -0.25) is 4.79 Å². The lowest BCUT2D eigenvalue weighted by Gasteiger charge is -2.05. The van der Waals surface area contributed by atoms with E-state index in [4.69, 9.17) is 0 Å². The summed E-state index contributed by atoms with van der Waals surface area (Å²) in [5, 5.41) is 12.0. The van der Waals surface area contributed by atoms with Gasteiger partial charge in [-0.1, -0.05) is 0 Å². The van der Waals surface area contributed by atoms with Gasteiger partial charge in [0.25, 0.3) is 5.91 Å². The molecular weight excluding hydrogens is 223 g/mol. The number of carbonyl (C=O) groups excluding carboxylic acids is 1. The molecule has 0 saturated heterocycles. The van der Waals surface area contributed by atoms with Gasteiger partial charge in [0, 0.05) is 25.0 Å². The number of amides is 1. The summed E-state index contributed by atoms with van der Waals surface area (Å²) in [5.74, 6) is -1.38. The van der Waals surface area contributed by atoms with E-state index in [1.165, 1.54) is 6.07 Å². The summed E-state index contributed by atoms with van der Waals surface area (Å²) in [7, 11) is 0. The highest BCUT2D eigenvalue weighted by atomic mass is 19.1. The number of phenols is 1. The number of halogens is 1. The molecule has 3 N–H and O–H groups in total. The first-order chi connectivity index (χ1) is 8.16. The fraction of sp³-hybridized carbons (Fsp3) is 0.0833. The lowest BCUT2D eigenvalue weighted by atomic mass is 10.2. The Balaban J connectivity index is 2.04. The van der Waals surface area contributed by atoms with E-state index in [1.54, 1.807) is 12.4 Å². The number of aromatic nitrogens is 1. The number of hydrogen-bond acceptors (Lipinski definition) is 2. The second-order valence-electron chi connectivity index (χ2n) is 3.56. The normalized spacial score (nSPS) is 10.2. The maximum Gasteiger partial charge on any atom is 0.255 e. The Kier molecular flexibility index (Phi) is 3.09. The first-order valence-electron chi connectivity index (χ1n) is 5.05. The maximum atomic E-state index is 12.7. The van der Waals surface area contributed by atoms with Gasteiger partial charge in [0.1, 0.15) is 11.6 Å². The van der Waals surface area contributed by atoms with Crippen LogP contribution in [0.1, 0.15) is 15.9 Å². The summed E-state index contributed by atoms with van der Waals surface area (Å²) in [6.45, 7) is 0.346. The highest BCUT2D eigenvalue weighted by molar-refractivity contribution is 5.96. The van der Waals surface area contributed by atoms with Crippen molar-refractivity contribution in [1.82, 2.24) is 10.3 Å². The number of hydrogen-bond donors (Lipinski definition) is 3.